The first-order chi connectivity index (χ1) is 13.3. The van der Waals surface area contributed by atoms with Crippen molar-refractivity contribution in [2.75, 3.05) is 13.6 Å². The lowest BCUT2D eigenvalue weighted by Crippen LogP contribution is -2.26. The molecule has 2 aromatic heterocycles. The molecule has 0 saturated heterocycles. The van der Waals surface area contributed by atoms with Crippen LogP contribution in [0.5, 0.6) is 0 Å². The highest BCUT2D eigenvalue weighted by atomic mass is 19.1. The van der Waals surface area contributed by atoms with Gasteiger partial charge in [0, 0.05) is 29.1 Å². The van der Waals surface area contributed by atoms with Crippen LogP contribution in [0.1, 0.15) is 45.9 Å². The Balaban J connectivity index is 1.77. The smallest absolute Gasteiger partial charge is 0.240 e. The van der Waals surface area contributed by atoms with Gasteiger partial charge in [0.25, 0.3) is 0 Å². The number of Topliss-reactive ketones (excluding diaryl/α,β-unsaturated/α-hetero) is 1. The molecule has 0 fully saturated rings. The molecule has 6 nitrogen and oxygen atoms in total. The minimum absolute atomic E-state index is 0.00957. The van der Waals surface area contributed by atoms with Gasteiger partial charge in [-0.25, -0.2) is 4.39 Å². The molecule has 3 rings (SSSR count). The molecule has 28 heavy (non-hydrogen) atoms. The van der Waals surface area contributed by atoms with Crippen LogP contribution in [-0.4, -0.2) is 39.0 Å². The molecule has 0 aliphatic heterocycles. The third kappa shape index (κ3) is 4.04. The van der Waals surface area contributed by atoms with Crippen molar-refractivity contribution in [1.29, 1.82) is 0 Å². The fourth-order valence-electron chi connectivity index (χ4n) is 3.28. The quantitative estimate of drug-likeness (QED) is 0.580. The lowest BCUT2D eigenvalue weighted by Gasteiger charge is -2.14. The van der Waals surface area contributed by atoms with Gasteiger partial charge in [0.15, 0.2) is 11.6 Å². The predicted octanol–water partition coefficient (Wildman–Crippen LogP) is 3.80. The van der Waals surface area contributed by atoms with E-state index in [2.05, 4.69) is 10.1 Å². The number of hydrogen-bond donors (Lipinski definition) is 0. The maximum absolute atomic E-state index is 14.0. The Kier molecular flexibility index (Phi) is 5.74. The number of carbonyl (C=O) groups is 1. The van der Waals surface area contributed by atoms with Crippen molar-refractivity contribution in [3.05, 3.63) is 64.3 Å². The predicted molar refractivity (Wildman–Crippen MR) is 104 cm³/mol. The summed E-state index contributed by atoms with van der Waals surface area (Å²) in [7, 11) is 1.84. The summed E-state index contributed by atoms with van der Waals surface area (Å²) >= 11 is 0. The summed E-state index contributed by atoms with van der Waals surface area (Å²) in [6.45, 7) is 8.10. The number of rotatable bonds is 7. The highest BCUT2D eigenvalue weighted by Gasteiger charge is 2.19. The van der Waals surface area contributed by atoms with Crippen LogP contribution in [0.25, 0.3) is 5.69 Å². The van der Waals surface area contributed by atoms with Gasteiger partial charge in [-0.2, -0.15) is 4.98 Å². The van der Waals surface area contributed by atoms with E-state index >= 15 is 0 Å². The zero-order valence-electron chi connectivity index (χ0n) is 16.9. The van der Waals surface area contributed by atoms with Gasteiger partial charge >= 0.3 is 0 Å². The Morgan fingerprint density at radius 1 is 1.25 bits per heavy atom. The van der Waals surface area contributed by atoms with Crippen LogP contribution in [0.2, 0.25) is 0 Å². The topological polar surface area (TPSA) is 64.2 Å². The third-order valence-electron chi connectivity index (χ3n) is 4.79. The average molecular weight is 384 g/mol. The number of hydrogen-bond acceptors (Lipinski definition) is 5. The average Bonchev–Trinajstić information content (AvgIpc) is 3.21. The SMILES string of the molecule is CCc1noc(CN(C)CC(=O)c2cc(C)n(-c3ccc(C)c(F)c3)c2C)n1. The maximum atomic E-state index is 14.0. The van der Waals surface area contributed by atoms with Gasteiger partial charge in [-0.05, 0) is 51.6 Å². The second kappa shape index (κ2) is 8.06. The standard InChI is InChI=1S/C21H25FN4O2/c1-6-20-23-21(28-24-20)12-25(5)11-19(27)17-9-14(3)26(15(17)4)16-8-7-13(2)18(22)10-16/h7-10H,6,11-12H2,1-5H3. The summed E-state index contributed by atoms with van der Waals surface area (Å²) in [5.41, 5.74) is 3.62. The van der Waals surface area contributed by atoms with Crippen molar-refractivity contribution in [3.63, 3.8) is 0 Å². The molecule has 0 amide bonds. The normalized spacial score (nSPS) is 11.4. The van der Waals surface area contributed by atoms with Crippen LogP contribution in [0.3, 0.4) is 0 Å². The largest absolute Gasteiger partial charge is 0.338 e. The molecule has 3 aromatic rings. The molecule has 2 heterocycles. The lowest BCUT2D eigenvalue weighted by atomic mass is 10.1. The summed E-state index contributed by atoms with van der Waals surface area (Å²) < 4.78 is 21.1. The molecule has 0 saturated carbocycles. The Morgan fingerprint density at radius 3 is 2.64 bits per heavy atom. The molecule has 0 N–H and O–H groups in total. The highest BCUT2D eigenvalue weighted by Crippen LogP contribution is 2.23. The molecule has 0 spiro atoms. The number of aromatic nitrogens is 3. The van der Waals surface area contributed by atoms with E-state index in [4.69, 9.17) is 4.52 Å². The summed E-state index contributed by atoms with van der Waals surface area (Å²) in [5, 5.41) is 3.87. The molecule has 0 aliphatic carbocycles. The van der Waals surface area contributed by atoms with Crippen molar-refractivity contribution in [2.24, 2.45) is 0 Å². The molecule has 7 heteroatoms. The van der Waals surface area contributed by atoms with E-state index in [-0.39, 0.29) is 18.1 Å². The first kappa shape index (κ1) is 19.9. The fraction of sp³-hybridized carbons (Fsp3) is 0.381. The van der Waals surface area contributed by atoms with Crippen molar-refractivity contribution >= 4 is 5.78 Å². The van der Waals surface area contributed by atoms with Crippen LogP contribution in [0, 0.1) is 26.6 Å². The van der Waals surface area contributed by atoms with E-state index in [1.54, 1.807) is 13.0 Å². The number of likely N-dealkylation sites (N-methyl/N-ethyl adjacent to an activating group) is 1. The van der Waals surface area contributed by atoms with Crippen molar-refractivity contribution in [1.82, 2.24) is 19.6 Å². The van der Waals surface area contributed by atoms with Gasteiger partial charge in [0.1, 0.15) is 5.82 Å². The van der Waals surface area contributed by atoms with E-state index < -0.39 is 0 Å². The second-order valence-electron chi connectivity index (χ2n) is 7.11. The van der Waals surface area contributed by atoms with Crippen LogP contribution in [0.15, 0.2) is 28.8 Å². The van der Waals surface area contributed by atoms with Gasteiger partial charge in [-0.15, -0.1) is 0 Å². The van der Waals surface area contributed by atoms with Crippen molar-refractivity contribution in [3.8, 4) is 5.69 Å². The summed E-state index contributed by atoms with van der Waals surface area (Å²) in [5.74, 6) is 0.879. The van der Waals surface area contributed by atoms with Crippen LogP contribution in [0.4, 0.5) is 4.39 Å². The first-order valence-electron chi connectivity index (χ1n) is 9.28. The van der Waals surface area contributed by atoms with Crippen molar-refractivity contribution in [2.45, 2.75) is 40.7 Å². The number of nitrogens with zero attached hydrogens (tertiary/aromatic N) is 4. The van der Waals surface area contributed by atoms with E-state index in [9.17, 15) is 9.18 Å². The van der Waals surface area contributed by atoms with Crippen LogP contribution < -0.4 is 0 Å². The van der Waals surface area contributed by atoms with E-state index in [1.165, 1.54) is 6.07 Å². The summed E-state index contributed by atoms with van der Waals surface area (Å²) in [4.78, 5) is 19.0. The molecule has 1 aromatic carbocycles. The second-order valence-corrected chi connectivity index (χ2v) is 7.11. The Bertz CT molecular complexity index is 1010. The third-order valence-corrected chi connectivity index (χ3v) is 4.79. The molecule has 148 valence electrons. The number of aryl methyl sites for hydroxylation is 3. The Hall–Kier alpha value is -2.80. The minimum Gasteiger partial charge on any atom is -0.338 e. The highest BCUT2D eigenvalue weighted by molar-refractivity contribution is 5.99. The van der Waals surface area contributed by atoms with Crippen LogP contribution in [-0.2, 0) is 13.0 Å². The molecule has 0 atom stereocenters. The first-order valence-corrected chi connectivity index (χ1v) is 9.28. The van der Waals surface area contributed by atoms with Gasteiger partial charge in [0.05, 0.1) is 13.1 Å². The fourth-order valence-corrected chi connectivity index (χ4v) is 3.28. The molecular formula is C21H25FN4O2. The monoisotopic (exact) mass is 384 g/mol. The van der Waals surface area contributed by atoms with Gasteiger partial charge in [-0.1, -0.05) is 18.1 Å². The van der Waals surface area contributed by atoms with Gasteiger partial charge < -0.3 is 9.09 Å². The van der Waals surface area contributed by atoms with Crippen LogP contribution >= 0.6 is 0 Å². The molecular weight excluding hydrogens is 359 g/mol. The molecule has 0 bridgehead atoms. The van der Waals surface area contributed by atoms with E-state index in [0.29, 0.717) is 41.5 Å². The summed E-state index contributed by atoms with van der Waals surface area (Å²) in [6.07, 6.45) is 0.706. The van der Waals surface area contributed by atoms with Gasteiger partial charge in [-0.3, -0.25) is 9.69 Å². The number of carbonyl (C=O) groups excluding carboxylic acids is 1. The van der Waals surface area contributed by atoms with Crippen molar-refractivity contribution < 1.29 is 13.7 Å². The number of benzene rings is 1. The zero-order chi connectivity index (χ0) is 20.4. The minimum atomic E-state index is -0.261. The zero-order valence-corrected chi connectivity index (χ0v) is 16.9. The number of halogens is 1. The van der Waals surface area contributed by atoms with E-state index in [0.717, 1.165) is 11.4 Å². The Morgan fingerprint density at radius 2 is 2.00 bits per heavy atom. The van der Waals surface area contributed by atoms with Gasteiger partial charge in [0.2, 0.25) is 5.89 Å². The molecule has 0 aliphatic rings. The lowest BCUT2D eigenvalue weighted by molar-refractivity contribution is 0.0936. The molecule has 0 unspecified atom stereocenters. The number of ketones is 1. The molecule has 0 radical (unpaired) electrons. The Labute approximate surface area is 164 Å². The summed E-state index contributed by atoms with van der Waals surface area (Å²) in [6, 6.07) is 6.95. The maximum Gasteiger partial charge on any atom is 0.240 e. The van der Waals surface area contributed by atoms with E-state index in [1.807, 2.05) is 49.4 Å².